The lowest BCUT2D eigenvalue weighted by Gasteiger charge is -2.27. The molecule has 0 spiro atoms. The van der Waals surface area contributed by atoms with E-state index in [1.165, 1.54) is 11.9 Å². The summed E-state index contributed by atoms with van der Waals surface area (Å²) in [7, 11) is 2.12. The quantitative estimate of drug-likeness (QED) is 0.369. The number of nitrogen functional groups attached to an aromatic ring is 1. The molecule has 11 heteroatoms. The van der Waals surface area contributed by atoms with E-state index in [0.29, 0.717) is 17.0 Å². The number of hydrogen-bond donors (Lipinski definition) is 3. The summed E-state index contributed by atoms with van der Waals surface area (Å²) in [6, 6.07) is 7.87. The van der Waals surface area contributed by atoms with Crippen LogP contribution in [0.15, 0.2) is 36.9 Å². The zero-order chi connectivity index (χ0) is 29.5. The van der Waals surface area contributed by atoms with Gasteiger partial charge < -0.3 is 35.3 Å². The van der Waals surface area contributed by atoms with Crippen LogP contribution in [0.5, 0.6) is 0 Å². The third kappa shape index (κ3) is 6.47. The molecule has 41 heavy (non-hydrogen) atoms. The number of ether oxygens (including phenoxy) is 2. The van der Waals surface area contributed by atoms with Gasteiger partial charge in [0.2, 0.25) is 0 Å². The van der Waals surface area contributed by atoms with E-state index in [-0.39, 0.29) is 41.7 Å². The maximum Gasteiger partial charge on any atom is 0.319 e. The highest BCUT2D eigenvalue weighted by molar-refractivity contribution is 5.89. The number of aromatic nitrogens is 4. The van der Waals surface area contributed by atoms with Gasteiger partial charge >= 0.3 is 6.03 Å². The molecule has 2 aliphatic rings. The minimum absolute atomic E-state index is 0.0165. The summed E-state index contributed by atoms with van der Waals surface area (Å²) in [6.07, 6.45) is 4.80. The van der Waals surface area contributed by atoms with Crippen molar-refractivity contribution in [3.05, 3.63) is 42.5 Å². The Labute approximate surface area is 242 Å². The normalized spacial score (nSPS) is 24.5. The molecule has 1 aliphatic carbocycles. The van der Waals surface area contributed by atoms with E-state index in [9.17, 15) is 4.79 Å². The van der Waals surface area contributed by atoms with Gasteiger partial charge in [-0.1, -0.05) is 32.9 Å². The molecule has 0 radical (unpaired) electrons. The summed E-state index contributed by atoms with van der Waals surface area (Å²) in [5, 5.41) is 6.01. The van der Waals surface area contributed by atoms with E-state index in [2.05, 4.69) is 75.0 Å². The van der Waals surface area contributed by atoms with Crippen molar-refractivity contribution >= 4 is 28.7 Å². The summed E-state index contributed by atoms with van der Waals surface area (Å²) >= 11 is 0. The average molecular weight is 565 g/mol. The van der Waals surface area contributed by atoms with Gasteiger partial charge in [-0.2, -0.15) is 0 Å². The SMILES string of the molecule is C[C@@H](CCN(C)C[C@H]1C[C@@H](n2cnc3c(N)ncnc32)[C@@H]2OC(C)(C)O[C@H]12)NC(=O)Nc1ccc(C(C)(C)C)cc1. The highest BCUT2D eigenvalue weighted by Gasteiger charge is 2.54. The van der Waals surface area contributed by atoms with Gasteiger partial charge in [-0.15, -0.1) is 0 Å². The number of carbonyl (C=O) groups excluding carboxylic acids is 1. The molecule has 11 nitrogen and oxygen atoms in total. The predicted molar refractivity (Wildman–Crippen MR) is 160 cm³/mol. The Morgan fingerprint density at radius 2 is 1.88 bits per heavy atom. The minimum atomic E-state index is -0.659. The maximum absolute atomic E-state index is 12.6. The molecule has 3 heterocycles. The van der Waals surface area contributed by atoms with Crippen molar-refractivity contribution in [2.45, 2.75) is 89.9 Å². The number of nitrogens with two attached hydrogens (primary N) is 1. The molecule has 1 aromatic carbocycles. The van der Waals surface area contributed by atoms with Gasteiger partial charge in [0.1, 0.15) is 17.9 Å². The van der Waals surface area contributed by atoms with Crippen molar-refractivity contribution in [3.63, 3.8) is 0 Å². The predicted octanol–water partition coefficient (Wildman–Crippen LogP) is 4.32. The zero-order valence-electron chi connectivity index (χ0n) is 25.2. The molecule has 0 unspecified atom stereocenters. The van der Waals surface area contributed by atoms with Gasteiger partial charge in [-0.3, -0.25) is 0 Å². The lowest BCUT2D eigenvalue weighted by molar-refractivity contribution is -0.160. The van der Waals surface area contributed by atoms with E-state index in [1.54, 1.807) is 6.33 Å². The van der Waals surface area contributed by atoms with Crippen LogP contribution in [0.2, 0.25) is 0 Å². The highest BCUT2D eigenvalue weighted by atomic mass is 16.8. The van der Waals surface area contributed by atoms with Crippen LogP contribution in [0.3, 0.4) is 0 Å². The third-order valence-electron chi connectivity index (χ3n) is 8.17. The molecular formula is C30H44N8O3. The Morgan fingerprint density at radius 1 is 1.17 bits per heavy atom. The first kappa shape index (κ1) is 29.2. The molecular weight excluding hydrogens is 520 g/mol. The summed E-state index contributed by atoms with van der Waals surface area (Å²) < 4.78 is 14.9. The van der Waals surface area contributed by atoms with Gasteiger partial charge in [-0.25, -0.2) is 19.7 Å². The standard InChI is InChI=1S/C30H44N8O3/c1-18(35-28(39)36-21-10-8-20(9-11-21)29(2,3)4)12-13-37(7)15-19-14-22(25-24(19)40-30(5,6)41-25)38-17-34-23-26(31)32-16-33-27(23)38/h8-11,16-19,22,24-25H,12-15H2,1-7H3,(H2,31,32,33)(H2,35,36,39)/t18-,19+,22+,24+,25-/m0/s1. The summed E-state index contributed by atoms with van der Waals surface area (Å²) in [6.45, 7) is 14.2. The van der Waals surface area contributed by atoms with Crippen LogP contribution in [-0.2, 0) is 14.9 Å². The summed E-state index contributed by atoms with van der Waals surface area (Å²) in [5.74, 6) is -0.0249. The van der Waals surface area contributed by atoms with Crippen molar-refractivity contribution in [2.75, 3.05) is 31.2 Å². The van der Waals surface area contributed by atoms with Crippen LogP contribution < -0.4 is 16.4 Å². The highest BCUT2D eigenvalue weighted by Crippen LogP contribution is 2.47. The van der Waals surface area contributed by atoms with Crippen molar-refractivity contribution in [2.24, 2.45) is 5.92 Å². The molecule has 0 bridgehead atoms. The molecule has 2 aromatic heterocycles. The Morgan fingerprint density at radius 3 is 2.59 bits per heavy atom. The van der Waals surface area contributed by atoms with Gasteiger partial charge in [-0.05, 0) is 70.3 Å². The van der Waals surface area contributed by atoms with Crippen LogP contribution in [0.1, 0.15) is 66.0 Å². The van der Waals surface area contributed by atoms with E-state index in [1.807, 2.05) is 32.9 Å². The maximum atomic E-state index is 12.6. The lowest BCUT2D eigenvalue weighted by atomic mass is 9.87. The number of amides is 2. The van der Waals surface area contributed by atoms with Crippen molar-refractivity contribution < 1.29 is 14.3 Å². The van der Waals surface area contributed by atoms with Crippen LogP contribution in [0.4, 0.5) is 16.3 Å². The zero-order valence-corrected chi connectivity index (χ0v) is 25.2. The van der Waals surface area contributed by atoms with Crippen molar-refractivity contribution in [3.8, 4) is 0 Å². The third-order valence-corrected chi connectivity index (χ3v) is 8.17. The number of hydrogen-bond acceptors (Lipinski definition) is 8. The average Bonchev–Trinajstić information content (AvgIpc) is 3.54. The molecule has 2 fully saturated rings. The van der Waals surface area contributed by atoms with Gasteiger partial charge in [0, 0.05) is 24.2 Å². The number of imidazole rings is 1. The second kappa shape index (κ2) is 11.2. The van der Waals surface area contributed by atoms with Crippen molar-refractivity contribution in [1.82, 2.24) is 29.7 Å². The second-order valence-corrected chi connectivity index (χ2v) is 13.1. The molecule has 5 rings (SSSR count). The van der Waals surface area contributed by atoms with Crippen LogP contribution in [0, 0.1) is 5.92 Å². The van der Waals surface area contributed by atoms with E-state index in [4.69, 9.17) is 15.2 Å². The number of nitrogens with one attached hydrogen (secondary N) is 2. The largest absolute Gasteiger partial charge is 0.382 e. The number of anilines is 2. The number of carbonyl (C=O) groups is 1. The smallest absolute Gasteiger partial charge is 0.319 e. The molecule has 2 amide bonds. The van der Waals surface area contributed by atoms with E-state index >= 15 is 0 Å². The van der Waals surface area contributed by atoms with Crippen LogP contribution >= 0.6 is 0 Å². The fraction of sp³-hybridized carbons (Fsp3) is 0.600. The first-order valence-electron chi connectivity index (χ1n) is 14.5. The van der Waals surface area contributed by atoms with Crippen LogP contribution in [-0.4, -0.2) is 74.6 Å². The molecule has 1 saturated carbocycles. The first-order chi connectivity index (χ1) is 19.3. The van der Waals surface area contributed by atoms with Gasteiger partial charge in [0.05, 0.1) is 18.5 Å². The summed E-state index contributed by atoms with van der Waals surface area (Å²) in [5.41, 5.74) is 9.45. The van der Waals surface area contributed by atoms with Gasteiger partial charge in [0.15, 0.2) is 17.3 Å². The second-order valence-electron chi connectivity index (χ2n) is 13.1. The van der Waals surface area contributed by atoms with E-state index in [0.717, 1.165) is 31.6 Å². The van der Waals surface area contributed by atoms with Crippen LogP contribution in [0.25, 0.3) is 11.2 Å². The molecule has 4 N–H and O–H groups in total. The number of benzene rings is 1. The first-order valence-corrected chi connectivity index (χ1v) is 14.5. The Bertz CT molecular complexity index is 1370. The molecule has 1 aliphatic heterocycles. The fourth-order valence-electron chi connectivity index (χ4n) is 6.04. The molecule has 3 aromatic rings. The Kier molecular flexibility index (Phi) is 7.97. The molecule has 222 valence electrons. The van der Waals surface area contributed by atoms with Crippen molar-refractivity contribution in [1.29, 1.82) is 0 Å². The summed E-state index contributed by atoms with van der Waals surface area (Å²) in [4.78, 5) is 27.9. The molecule has 5 atom stereocenters. The lowest BCUT2D eigenvalue weighted by Crippen LogP contribution is -2.39. The Balaban J connectivity index is 1.15. The minimum Gasteiger partial charge on any atom is -0.382 e. The monoisotopic (exact) mass is 564 g/mol. The fourth-order valence-corrected chi connectivity index (χ4v) is 6.04. The number of nitrogens with zero attached hydrogens (tertiary/aromatic N) is 5. The molecule has 1 saturated heterocycles. The van der Waals surface area contributed by atoms with Gasteiger partial charge in [0.25, 0.3) is 0 Å². The Hall–Kier alpha value is -3.28. The number of rotatable bonds is 8. The van der Waals surface area contributed by atoms with E-state index < -0.39 is 5.79 Å². The topological polar surface area (TPSA) is 132 Å². The number of urea groups is 1. The number of fused-ring (bicyclic) bond motifs is 2.